The van der Waals surface area contributed by atoms with E-state index in [4.69, 9.17) is 16.0 Å². The van der Waals surface area contributed by atoms with Gasteiger partial charge in [-0.2, -0.15) is 0 Å². The minimum atomic E-state index is 0.117. The van der Waals surface area contributed by atoms with Gasteiger partial charge < -0.3 is 9.32 Å². The maximum absolute atomic E-state index is 12.4. The molecule has 0 radical (unpaired) electrons. The van der Waals surface area contributed by atoms with Crippen LogP contribution in [0.15, 0.2) is 28.7 Å². The van der Waals surface area contributed by atoms with E-state index in [1.807, 2.05) is 29.2 Å². The smallest absolute Gasteiger partial charge is 0.230 e. The quantitative estimate of drug-likeness (QED) is 0.854. The molecule has 3 rings (SSSR count). The van der Waals surface area contributed by atoms with Crippen LogP contribution in [0.4, 0.5) is 0 Å². The van der Waals surface area contributed by atoms with E-state index in [1.54, 1.807) is 6.92 Å². The summed E-state index contributed by atoms with van der Waals surface area (Å²) in [7, 11) is 0. The van der Waals surface area contributed by atoms with Crippen molar-refractivity contribution >= 4 is 17.5 Å². The Morgan fingerprint density at radius 3 is 2.61 bits per heavy atom. The van der Waals surface area contributed by atoms with Gasteiger partial charge in [-0.15, -0.1) is 10.2 Å². The molecule has 0 saturated carbocycles. The lowest BCUT2D eigenvalue weighted by atomic mass is 10.1. The van der Waals surface area contributed by atoms with Crippen molar-refractivity contribution in [2.75, 3.05) is 26.2 Å². The highest BCUT2D eigenvalue weighted by Gasteiger charge is 2.22. The molecule has 1 aromatic carbocycles. The molecular weight excluding hydrogens is 316 g/mol. The Hall–Kier alpha value is -1.92. The lowest BCUT2D eigenvalue weighted by Crippen LogP contribution is -2.48. The van der Waals surface area contributed by atoms with Crippen LogP contribution >= 0.6 is 11.6 Å². The SMILES string of the molecule is Cc1nnc(CN2CCN(C(=O)Cc3ccccc3Cl)CC2)o1. The van der Waals surface area contributed by atoms with Gasteiger partial charge in [0.15, 0.2) is 0 Å². The molecule has 7 heteroatoms. The molecule has 2 heterocycles. The number of benzene rings is 1. The summed E-state index contributed by atoms with van der Waals surface area (Å²) < 4.78 is 5.39. The van der Waals surface area contributed by atoms with Gasteiger partial charge in [0, 0.05) is 38.1 Å². The van der Waals surface area contributed by atoms with Gasteiger partial charge in [-0.1, -0.05) is 29.8 Å². The summed E-state index contributed by atoms with van der Waals surface area (Å²) >= 11 is 6.12. The van der Waals surface area contributed by atoms with Crippen molar-refractivity contribution in [2.24, 2.45) is 0 Å². The molecular formula is C16H19ClN4O2. The molecule has 0 atom stereocenters. The van der Waals surface area contributed by atoms with Crippen molar-refractivity contribution in [3.05, 3.63) is 46.6 Å². The number of aromatic nitrogens is 2. The Balaban J connectivity index is 1.50. The number of amides is 1. The molecule has 1 fully saturated rings. The van der Waals surface area contributed by atoms with Crippen LogP contribution in [-0.2, 0) is 17.8 Å². The lowest BCUT2D eigenvalue weighted by molar-refractivity contribution is -0.132. The average Bonchev–Trinajstić information content (AvgIpc) is 2.95. The minimum Gasteiger partial charge on any atom is -0.424 e. The van der Waals surface area contributed by atoms with Crippen LogP contribution in [0.3, 0.4) is 0 Å². The number of piperazine rings is 1. The van der Waals surface area contributed by atoms with Gasteiger partial charge in [0.05, 0.1) is 13.0 Å². The Morgan fingerprint density at radius 1 is 1.22 bits per heavy atom. The van der Waals surface area contributed by atoms with Crippen molar-refractivity contribution in [2.45, 2.75) is 19.9 Å². The Morgan fingerprint density at radius 2 is 1.96 bits per heavy atom. The topological polar surface area (TPSA) is 62.5 Å². The highest BCUT2D eigenvalue weighted by Crippen LogP contribution is 2.17. The maximum atomic E-state index is 12.4. The highest BCUT2D eigenvalue weighted by atomic mass is 35.5. The molecule has 2 aromatic rings. The molecule has 0 unspecified atom stereocenters. The van der Waals surface area contributed by atoms with Crippen LogP contribution in [-0.4, -0.2) is 52.1 Å². The second kappa shape index (κ2) is 7.10. The molecule has 0 N–H and O–H groups in total. The molecule has 1 aliphatic rings. The summed E-state index contributed by atoms with van der Waals surface area (Å²) in [5.74, 6) is 1.32. The number of nitrogens with zero attached hydrogens (tertiary/aromatic N) is 4. The number of carbonyl (C=O) groups is 1. The van der Waals surface area contributed by atoms with Gasteiger partial charge in [-0.25, -0.2) is 0 Å². The zero-order chi connectivity index (χ0) is 16.2. The fourth-order valence-electron chi connectivity index (χ4n) is 2.66. The molecule has 0 aliphatic carbocycles. The number of hydrogen-bond donors (Lipinski definition) is 0. The number of hydrogen-bond acceptors (Lipinski definition) is 5. The molecule has 1 saturated heterocycles. The second-order valence-corrected chi connectivity index (χ2v) is 6.05. The summed E-state index contributed by atoms with van der Waals surface area (Å²) in [4.78, 5) is 16.5. The standard InChI is InChI=1S/C16H19ClN4O2/c1-12-18-19-15(23-12)11-20-6-8-21(9-7-20)16(22)10-13-4-2-3-5-14(13)17/h2-5H,6-11H2,1H3. The fraction of sp³-hybridized carbons (Fsp3) is 0.438. The van der Waals surface area contributed by atoms with Crippen LogP contribution in [0.5, 0.6) is 0 Å². The molecule has 6 nitrogen and oxygen atoms in total. The predicted molar refractivity (Wildman–Crippen MR) is 86.0 cm³/mol. The third-order valence-electron chi connectivity index (χ3n) is 3.95. The Labute approximate surface area is 140 Å². The van der Waals surface area contributed by atoms with E-state index in [0.29, 0.717) is 42.9 Å². The third-order valence-corrected chi connectivity index (χ3v) is 4.32. The largest absolute Gasteiger partial charge is 0.424 e. The van der Waals surface area contributed by atoms with Crippen molar-refractivity contribution in [1.29, 1.82) is 0 Å². The van der Waals surface area contributed by atoms with Crippen LogP contribution in [0.2, 0.25) is 5.02 Å². The molecule has 23 heavy (non-hydrogen) atoms. The molecule has 1 aliphatic heterocycles. The minimum absolute atomic E-state index is 0.117. The predicted octanol–water partition coefficient (Wildman–Crippen LogP) is 1.92. The summed E-state index contributed by atoms with van der Waals surface area (Å²) in [6, 6.07) is 7.48. The summed E-state index contributed by atoms with van der Waals surface area (Å²) in [5, 5.41) is 8.48. The molecule has 122 valence electrons. The van der Waals surface area contributed by atoms with Gasteiger partial charge in [-0.3, -0.25) is 9.69 Å². The number of halogens is 1. The summed E-state index contributed by atoms with van der Waals surface area (Å²) in [5.41, 5.74) is 0.878. The Bertz CT molecular complexity index is 680. The van der Waals surface area contributed by atoms with Crippen LogP contribution in [0.1, 0.15) is 17.3 Å². The van der Waals surface area contributed by atoms with Crippen LogP contribution < -0.4 is 0 Å². The van der Waals surface area contributed by atoms with Crippen LogP contribution in [0.25, 0.3) is 0 Å². The van der Waals surface area contributed by atoms with E-state index >= 15 is 0 Å². The molecule has 1 amide bonds. The first kappa shape index (κ1) is 16.0. The zero-order valence-electron chi connectivity index (χ0n) is 13.0. The maximum Gasteiger partial charge on any atom is 0.230 e. The number of aryl methyl sites for hydroxylation is 1. The van der Waals surface area contributed by atoms with Gasteiger partial charge >= 0.3 is 0 Å². The zero-order valence-corrected chi connectivity index (χ0v) is 13.8. The lowest BCUT2D eigenvalue weighted by Gasteiger charge is -2.34. The van der Waals surface area contributed by atoms with Gasteiger partial charge in [-0.05, 0) is 11.6 Å². The number of rotatable bonds is 4. The van der Waals surface area contributed by atoms with Gasteiger partial charge in [0.25, 0.3) is 0 Å². The van der Waals surface area contributed by atoms with Crippen LogP contribution in [0, 0.1) is 6.92 Å². The third kappa shape index (κ3) is 4.09. The normalized spacial score (nSPS) is 15.8. The average molecular weight is 335 g/mol. The van der Waals surface area contributed by atoms with E-state index in [9.17, 15) is 4.79 Å². The van der Waals surface area contributed by atoms with E-state index in [0.717, 1.165) is 18.7 Å². The Kier molecular flexibility index (Phi) is 4.93. The van der Waals surface area contributed by atoms with E-state index < -0.39 is 0 Å². The monoisotopic (exact) mass is 334 g/mol. The highest BCUT2D eigenvalue weighted by molar-refractivity contribution is 6.31. The van der Waals surface area contributed by atoms with E-state index in [-0.39, 0.29) is 5.91 Å². The van der Waals surface area contributed by atoms with Crippen molar-refractivity contribution in [3.63, 3.8) is 0 Å². The fourth-order valence-corrected chi connectivity index (χ4v) is 2.87. The summed E-state index contributed by atoms with van der Waals surface area (Å²) in [6.45, 7) is 5.42. The summed E-state index contributed by atoms with van der Waals surface area (Å²) in [6.07, 6.45) is 0.350. The van der Waals surface area contributed by atoms with Crippen molar-refractivity contribution in [3.8, 4) is 0 Å². The first-order valence-corrected chi connectivity index (χ1v) is 8.02. The van der Waals surface area contributed by atoms with Crippen molar-refractivity contribution in [1.82, 2.24) is 20.0 Å². The van der Waals surface area contributed by atoms with E-state index in [1.165, 1.54) is 0 Å². The second-order valence-electron chi connectivity index (χ2n) is 5.64. The first-order chi connectivity index (χ1) is 11.1. The first-order valence-electron chi connectivity index (χ1n) is 7.64. The number of carbonyl (C=O) groups excluding carboxylic acids is 1. The molecule has 0 spiro atoms. The van der Waals surface area contributed by atoms with E-state index in [2.05, 4.69) is 15.1 Å². The molecule has 0 bridgehead atoms. The van der Waals surface area contributed by atoms with Gasteiger partial charge in [0.1, 0.15) is 0 Å². The molecule has 1 aromatic heterocycles. The van der Waals surface area contributed by atoms with Crippen molar-refractivity contribution < 1.29 is 9.21 Å². The van der Waals surface area contributed by atoms with Gasteiger partial charge in [0.2, 0.25) is 17.7 Å².